The maximum Gasteiger partial charge on any atom is 0.0619 e. The number of fused-ring (bicyclic) bond motifs is 6. The van der Waals surface area contributed by atoms with Gasteiger partial charge in [0.15, 0.2) is 0 Å². The molecule has 0 heterocycles. The van der Waals surface area contributed by atoms with Gasteiger partial charge in [-0.2, -0.15) is 0 Å². The summed E-state index contributed by atoms with van der Waals surface area (Å²) in [4.78, 5) is 5.00. The van der Waals surface area contributed by atoms with Crippen molar-refractivity contribution >= 4 is 98.8 Å². The van der Waals surface area contributed by atoms with Gasteiger partial charge in [-0.1, -0.05) is 205 Å². The molecule has 0 aliphatic rings. The van der Waals surface area contributed by atoms with E-state index in [2.05, 4.69) is 254 Å². The van der Waals surface area contributed by atoms with Crippen molar-refractivity contribution < 1.29 is 0 Å². The van der Waals surface area contributed by atoms with Gasteiger partial charge in [0, 0.05) is 43.7 Å². The number of rotatable bonds is 7. The number of hydrogen-bond donors (Lipinski definition) is 0. The molecule has 0 radical (unpaired) electrons. The molecule has 0 atom stereocenters. The van der Waals surface area contributed by atoms with Gasteiger partial charge in [-0.05, 0) is 93.7 Å². The molecule has 0 aromatic heterocycles. The van der Waals surface area contributed by atoms with Crippen LogP contribution in [-0.2, 0) is 0 Å². The van der Waals surface area contributed by atoms with Crippen molar-refractivity contribution in [1.82, 2.24) is 0 Å². The second-order valence-corrected chi connectivity index (χ2v) is 17.0. The summed E-state index contributed by atoms with van der Waals surface area (Å²) in [5.41, 5.74) is 11.8. The average molecular weight is 817 g/mol. The zero-order chi connectivity index (χ0) is 42.7. The largest absolute Gasteiger partial charge is 0.309 e. The third-order valence-corrected chi connectivity index (χ3v) is 13.1. The molecule has 12 rings (SSSR count). The lowest BCUT2D eigenvalue weighted by Crippen LogP contribution is -2.13. The summed E-state index contributed by atoms with van der Waals surface area (Å²) in [5.74, 6) is 0. The molecule has 0 aliphatic carbocycles. The number of aryl methyl sites for hydroxylation is 2. The number of anilines is 6. The molecule has 0 fully saturated rings. The van der Waals surface area contributed by atoms with Crippen LogP contribution in [0.25, 0.3) is 75.8 Å². The molecule has 64 heavy (non-hydrogen) atoms. The fourth-order valence-electron chi connectivity index (χ4n) is 10.2. The van der Waals surface area contributed by atoms with Crippen LogP contribution in [0.1, 0.15) is 11.1 Å². The third-order valence-electron chi connectivity index (χ3n) is 13.1. The highest BCUT2D eigenvalue weighted by atomic mass is 15.2. The van der Waals surface area contributed by atoms with E-state index in [0.29, 0.717) is 0 Å². The highest BCUT2D eigenvalue weighted by Crippen LogP contribution is 2.54. The highest BCUT2D eigenvalue weighted by molar-refractivity contribution is 6.31. The first-order chi connectivity index (χ1) is 31.6. The second kappa shape index (κ2) is 15.3. The van der Waals surface area contributed by atoms with Gasteiger partial charge >= 0.3 is 0 Å². The summed E-state index contributed by atoms with van der Waals surface area (Å²) in [6.45, 7) is 4.32. The predicted octanol–water partition coefficient (Wildman–Crippen LogP) is 17.8. The molecule has 0 amide bonds. The Kier molecular flexibility index (Phi) is 8.98. The maximum atomic E-state index is 2.50. The van der Waals surface area contributed by atoms with Crippen LogP contribution < -0.4 is 9.80 Å². The van der Waals surface area contributed by atoms with E-state index >= 15 is 0 Å². The van der Waals surface area contributed by atoms with E-state index in [1.807, 2.05) is 0 Å². The molecule has 0 bridgehead atoms. The fraction of sp³-hybridized carbons (Fsp3) is 0.0323. The van der Waals surface area contributed by atoms with Crippen LogP contribution in [0.3, 0.4) is 0 Å². The van der Waals surface area contributed by atoms with Crippen LogP contribution in [0.15, 0.2) is 231 Å². The van der Waals surface area contributed by atoms with Crippen LogP contribution in [-0.4, -0.2) is 0 Å². The molecule has 12 aromatic rings. The van der Waals surface area contributed by atoms with Crippen LogP contribution in [0, 0.1) is 13.8 Å². The van der Waals surface area contributed by atoms with E-state index in [1.165, 1.54) is 98.3 Å². The Morgan fingerprint density at radius 2 is 0.500 bits per heavy atom. The molecule has 0 saturated heterocycles. The molecule has 0 spiro atoms. The lowest BCUT2D eigenvalue weighted by Gasteiger charge is -2.32. The van der Waals surface area contributed by atoms with Gasteiger partial charge in [-0.25, -0.2) is 0 Å². The quantitative estimate of drug-likeness (QED) is 0.148. The zero-order valence-electron chi connectivity index (χ0n) is 35.8. The number of benzene rings is 12. The third kappa shape index (κ3) is 6.02. The standard InChI is InChI=1S/C62H44N2/c1-41-33-37-45(38-34-41)63(57-31-15-19-43-17-3-5-21-47(43)57)61-53-27-11-7-23-49(53)59(50-24-8-12-28-54(50)61)60-51-25-9-13-29-55(51)62(56-30-14-10-26-52(56)60)64(46-39-35-42(2)36-40-46)58-32-16-20-44-18-4-6-22-48(44)58/h3-40H,1-2H3. The summed E-state index contributed by atoms with van der Waals surface area (Å²) in [6, 6.07) is 85.1. The minimum Gasteiger partial charge on any atom is -0.309 e. The van der Waals surface area contributed by atoms with Crippen molar-refractivity contribution in [1.29, 1.82) is 0 Å². The lowest BCUT2D eigenvalue weighted by molar-refractivity contribution is 1.31. The van der Waals surface area contributed by atoms with Crippen molar-refractivity contribution in [2.75, 3.05) is 9.80 Å². The Balaban J connectivity index is 1.21. The normalized spacial score (nSPS) is 11.6. The van der Waals surface area contributed by atoms with Gasteiger partial charge in [-0.15, -0.1) is 0 Å². The van der Waals surface area contributed by atoms with Gasteiger partial charge in [0.05, 0.1) is 22.7 Å². The van der Waals surface area contributed by atoms with Crippen LogP contribution >= 0.6 is 0 Å². The Labute approximate surface area is 373 Å². The first-order valence-corrected chi connectivity index (χ1v) is 22.2. The monoisotopic (exact) mass is 816 g/mol. The number of nitrogens with zero attached hydrogens (tertiary/aromatic N) is 2. The van der Waals surface area contributed by atoms with E-state index in [4.69, 9.17) is 0 Å². The first kappa shape index (κ1) is 37.6. The van der Waals surface area contributed by atoms with Gasteiger partial charge < -0.3 is 9.80 Å². The van der Waals surface area contributed by atoms with E-state index in [0.717, 1.165) is 22.7 Å². The molecule has 0 aliphatic heterocycles. The average Bonchev–Trinajstić information content (AvgIpc) is 3.35. The van der Waals surface area contributed by atoms with E-state index < -0.39 is 0 Å². The van der Waals surface area contributed by atoms with Crippen molar-refractivity contribution in [3.8, 4) is 11.1 Å². The minimum atomic E-state index is 1.12. The van der Waals surface area contributed by atoms with E-state index in [1.54, 1.807) is 0 Å². The van der Waals surface area contributed by atoms with Gasteiger partial charge in [0.2, 0.25) is 0 Å². The molecule has 302 valence electrons. The lowest BCUT2D eigenvalue weighted by atomic mass is 9.84. The molecular formula is C62H44N2. The zero-order valence-corrected chi connectivity index (χ0v) is 35.8. The smallest absolute Gasteiger partial charge is 0.0619 e. The van der Waals surface area contributed by atoms with Crippen molar-refractivity contribution in [2.45, 2.75) is 13.8 Å². The molecule has 2 heteroatoms. The van der Waals surface area contributed by atoms with Gasteiger partial charge in [-0.3, -0.25) is 0 Å². The highest BCUT2D eigenvalue weighted by Gasteiger charge is 2.27. The van der Waals surface area contributed by atoms with Crippen molar-refractivity contribution in [3.05, 3.63) is 242 Å². The fourth-order valence-corrected chi connectivity index (χ4v) is 10.2. The molecular weight excluding hydrogens is 773 g/mol. The SMILES string of the molecule is Cc1ccc(N(c2cccc3ccccc23)c2c3ccccc3c(-c3c4ccccc4c(N(c4ccc(C)cc4)c4cccc5ccccc45)c4ccccc34)c3ccccc23)cc1. The summed E-state index contributed by atoms with van der Waals surface area (Å²) in [5, 5.41) is 14.5. The second-order valence-electron chi connectivity index (χ2n) is 17.0. The van der Waals surface area contributed by atoms with Crippen molar-refractivity contribution in [3.63, 3.8) is 0 Å². The predicted molar refractivity (Wildman–Crippen MR) is 276 cm³/mol. The summed E-state index contributed by atoms with van der Waals surface area (Å²) >= 11 is 0. The Morgan fingerprint density at radius 1 is 0.234 bits per heavy atom. The molecule has 2 nitrogen and oxygen atoms in total. The topological polar surface area (TPSA) is 6.48 Å². The van der Waals surface area contributed by atoms with Gasteiger partial charge in [0.25, 0.3) is 0 Å². The Hall–Kier alpha value is -8.20. The maximum absolute atomic E-state index is 2.50. The van der Waals surface area contributed by atoms with Crippen LogP contribution in [0.2, 0.25) is 0 Å². The van der Waals surface area contributed by atoms with Crippen molar-refractivity contribution in [2.24, 2.45) is 0 Å². The Morgan fingerprint density at radius 3 is 0.828 bits per heavy atom. The minimum absolute atomic E-state index is 1.12. The van der Waals surface area contributed by atoms with E-state index in [9.17, 15) is 0 Å². The van der Waals surface area contributed by atoms with Gasteiger partial charge in [0.1, 0.15) is 0 Å². The van der Waals surface area contributed by atoms with Crippen LogP contribution in [0.5, 0.6) is 0 Å². The van der Waals surface area contributed by atoms with Crippen LogP contribution in [0.4, 0.5) is 34.1 Å². The first-order valence-electron chi connectivity index (χ1n) is 22.2. The summed E-state index contributed by atoms with van der Waals surface area (Å²) in [7, 11) is 0. The molecule has 0 unspecified atom stereocenters. The Bertz CT molecular complexity index is 3380. The molecule has 12 aromatic carbocycles. The molecule has 0 saturated carbocycles. The number of hydrogen-bond acceptors (Lipinski definition) is 2. The molecule has 0 N–H and O–H groups in total. The summed E-state index contributed by atoms with van der Waals surface area (Å²) in [6.07, 6.45) is 0. The van der Waals surface area contributed by atoms with E-state index in [-0.39, 0.29) is 0 Å². The summed E-state index contributed by atoms with van der Waals surface area (Å²) < 4.78 is 0.